The lowest BCUT2D eigenvalue weighted by Crippen LogP contribution is -1.88. The summed E-state index contributed by atoms with van der Waals surface area (Å²) in [6.45, 7) is 6.43. The highest BCUT2D eigenvalue weighted by molar-refractivity contribution is 8.08. The molecule has 0 heterocycles. The molecule has 2 rings (SSSR count). The maximum absolute atomic E-state index is 6.01. The zero-order chi connectivity index (χ0) is 13.8. The van der Waals surface area contributed by atoms with Gasteiger partial charge in [0.05, 0.1) is 0 Å². The van der Waals surface area contributed by atoms with Gasteiger partial charge in [-0.05, 0) is 37.5 Å². The molecule has 0 atom stereocenters. The third kappa shape index (κ3) is 3.43. The van der Waals surface area contributed by atoms with E-state index in [1.807, 2.05) is 18.2 Å². The van der Waals surface area contributed by atoms with Crippen LogP contribution in [0, 0.1) is 20.8 Å². The third-order valence-electron chi connectivity index (χ3n) is 2.97. The molecule has 0 radical (unpaired) electrons. The van der Waals surface area contributed by atoms with Gasteiger partial charge in [-0.25, -0.2) is 0 Å². The van der Waals surface area contributed by atoms with Crippen LogP contribution in [0.15, 0.2) is 52.9 Å². The lowest BCUT2D eigenvalue weighted by molar-refractivity contribution is 1.19. The second kappa shape index (κ2) is 6.31. The molecule has 0 saturated heterocycles. The Balaban J connectivity index is 2.35. The topological polar surface area (TPSA) is 0 Å². The zero-order valence-corrected chi connectivity index (χ0v) is 13.0. The van der Waals surface area contributed by atoms with Gasteiger partial charge in [0.25, 0.3) is 0 Å². The van der Waals surface area contributed by atoms with E-state index in [2.05, 4.69) is 45.0 Å². The van der Waals surface area contributed by atoms with Crippen LogP contribution >= 0.6 is 23.4 Å². The van der Waals surface area contributed by atoms with Crippen LogP contribution in [0.5, 0.6) is 0 Å². The van der Waals surface area contributed by atoms with Gasteiger partial charge in [0.15, 0.2) is 0 Å². The summed E-state index contributed by atoms with van der Waals surface area (Å²) in [4.78, 5) is 2.37. The van der Waals surface area contributed by atoms with Crippen LogP contribution in [0.3, 0.4) is 0 Å². The molecule has 0 aliphatic carbocycles. The molecule has 19 heavy (non-hydrogen) atoms. The molecule has 0 spiro atoms. The minimum Gasteiger partial charge on any atom is -0.0917 e. The lowest BCUT2D eigenvalue weighted by atomic mass is 10.1. The average Bonchev–Trinajstić information content (AvgIpc) is 2.39. The fourth-order valence-corrected chi connectivity index (χ4v) is 3.40. The fraction of sp³-hybridized carbons (Fsp3) is 0.176. The number of aryl methyl sites for hydroxylation is 3. The molecule has 0 saturated carbocycles. The van der Waals surface area contributed by atoms with E-state index in [0.29, 0.717) is 0 Å². The summed E-state index contributed by atoms with van der Waals surface area (Å²) in [7, 11) is 0. The van der Waals surface area contributed by atoms with Crippen LogP contribution in [0.25, 0.3) is 4.91 Å². The third-order valence-corrected chi connectivity index (χ3v) is 4.74. The predicted octanol–water partition coefficient (Wildman–Crippen LogP) is 5.94. The molecule has 2 heteroatoms. The van der Waals surface area contributed by atoms with E-state index in [-0.39, 0.29) is 0 Å². The summed E-state index contributed by atoms with van der Waals surface area (Å²) < 4.78 is 0. The van der Waals surface area contributed by atoms with Crippen molar-refractivity contribution in [3.63, 3.8) is 0 Å². The van der Waals surface area contributed by atoms with Crippen molar-refractivity contribution in [1.82, 2.24) is 0 Å². The van der Waals surface area contributed by atoms with Crippen molar-refractivity contribution in [1.29, 1.82) is 0 Å². The Hall–Kier alpha value is -1.18. The van der Waals surface area contributed by atoms with Gasteiger partial charge in [0, 0.05) is 15.3 Å². The number of benzene rings is 2. The molecule has 2 aromatic rings. The lowest BCUT2D eigenvalue weighted by Gasteiger charge is -2.13. The molecule has 0 fully saturated rings. The van der Waals surface area contributed by atoms with E-state index in [1.54, 1.807) is 17.3 Å². The summed E-state index contributed by atoms with van der Waals surface area (Å²) in [5.74, 6) is 0. The number of rotatable bonds is 3. The van der Waals surface area contributed by atoms with Crippen molar-refractivity contribution >= 4 is 28.3 Å². The Bertz CT molecular complexity index is 577. The van der Waals surface area contributed by atoms with Gasteiger partial charge in [-0.1, -0.05) is 71.4 Å². The highest BCUT2D eigenvalue weighted by atomic mass is 35.5. The van der Waals surface area contributed by atoms with Crippen molar-refractivity contribution in [3.05, 3.63) is 70.3 Å². The first-order chi connectivity index (χ1) is 9.11. The molecule has 0 nitrogen and oxygen atoms in total. The summed E-state index contributed by atoms with van der Waals surface area (Å²) in [5.41, 5.74) is 6.72. The van der Waals surface area contributed by atoms with E-state index >= 15 is 0 Å². The molecular weight excluding hydrogens is 272 g/mol. The second-order valence-electron chi connectivity index (χ2n) is 4.67. The molecule has 2 aromatic carbocycles. The summed E-state index contributed by atoms with van der Waals surface area (Å²) in [6, 6.07) is 14.7. The summed E-state index contributed by atoms with van der Waals surface area (Å²) in [6.07, 6.45) is 0. The predicted molar refractivity (Wildman–Crippen MR) is 86.8 cm³/mol. The van der Waals surface area contributed by atoms with Crippen molar-refractivity contribution in [2.24, 2.45) is 0 Å². The standard InChI is InChI=1S/C17H17ClS/c1-12-9-13(2)17(14(3)10-12)19-16(11-18)15-7-5-4-6-8-15/h4-11H,1-3H3/b16-11+. The van der Waals surface area contributed by atoms with E-state index in [9.17, 15) is 0 Å². The first kappa shape index (κ1) is 14.2. The smallest absolute Gasteiger partial charge is 0.0308 e. The van der Waals surface area contributed by atoms with E-state index < -0.39 is 0 Å². The number of halogens is 1. The molecular formula is C17H17ClS. The fourth-order valence-electron chi connectivity index (χ4n) is 2.18. The van der Waals surface area contributed by atoms with Crippen LogP contribution in [-0.2, 0) is 0 Å². The number of thioether (sulfide) groups is 1. The maximum atomic E-state index is 6.01. The molecule has 0 bridgehead atoms. The molecule has 0 N–H and O–H groups in total. The number of hydrogen-bond donors (Lipinski definition) is 0. The van der Waals surface area contributed by atoms with Crippen LogP contribution < -0.4 is 0 Å². The van der Waals surface area contributed by atoms with E-state index in [1.165, 1.54) is 21.6 Å². The Kier molecular flexibility index (Phi) is 4.73. The molecule has 98 valence electrons. The quantitative estimate of drug-likeness (QED) is 0.630. The van der Waals surface area contributed by atoms with Gasteiger partial charge in [0.2, 0.25) is 0 Å². The Labute approximate surface area is 124 Å². The van der Waals surface area contributed by atoms with E-state index in [0.717, 1.165) is 10.5 Å². The minimum atomic E-state index is 1.08. The van der Waals surface area contributed by atoms with Gasteiger partial charge in [0.1, 0.15) is 0 Å². The Morgan fingerprint density at radius 3 is 2.11 bits per heavy atom. The van der Waals surface area contributed by atoms with Gasteiger partial charge < -0.3 is 0 Å². The van der Waals surface area contributed by atoms with Gasteiger partial charge in [-0.2, -0.15) is 0 Å². The molecule has 0 aromatic heterocycles. The number of hydrogen-bond acceptors (Lipinski definition) is 1. The average molecular weight is 289 g/mol. The van der Waals surface area contributed by atoms with Crippen molar-refractivity contribution in [2.75, 3.05) is 0 Å². The molecule has 0 amide bonds. The van der Waals surface area contributed by atoms with Crippen LogP contribution in [0.1, 0.15) is 22.3 Å². The van der Waals surface area contributed by atoms with Crippen molar-refractivity contribution < 1.29 is 0 Å². The molecule has 0 aliphatic rings. The monoisotopic (exact) mass is 288 g/mol. The molecule has 0 unspecified atom stereocenters. The van der Waals surface area contributed by atoms with Crippen LogP contribution in [0.4, 0.5) is 0 Å². The molecule has 0 aliphatic heterocycles. The largest absolute Gasteiger partial charge is 0.0917 e. The highest BCUT2D eigenvalue weighted by Gasteiger charge is 2.09. The summed E-state index contributed by atoms with van der Waals surface area (Å²) >= 11 is 7.74. The Morgan fingerprint density at radius 2 is 1.58 bits per heavy atom. The maximum Gasteiger partial charge on any atom is 0.0308 e. The highest BCUT2D eigenvalue weighted by Crippen LogP contribution is 2.38. The van der Waals surface area contributed by atoms with Gasteiger partial charge in [-0.3, -0.25) is 0 Å². The summed E-state index contributed by atoms with van der Waals surface area (Å²) in [5, 5.41) is 0. The zero-order valence-electron chi connectivity index (χ0n) is 11.4. The second-order valence-corrected chi connectivity index (χ2v) is 5.94. The first-order valence-corrected chi connectivity index (χ1v) is 7.48. The van der Waals surface area contributed by atoms with Crippen LogP contribution in [-0.4, -0.2) is 0 Å². The van der Waals surface area contributed by atoms with Gasteiger partial charge >= 0.3 is 0 Å². The van der Waals surface area contributed by atoms with Gasteiger partial charge in [-0.15, -0.1) is 0 Å². The van der Waals surface area contributed by atoms with E-state index in [4.69, 9.17) is 11.6 Å². The minimum absolute atomic E-state index is 1.08. The van der Waals surface area contributed by atoms with Crippen LogP contribution in [0.2, 0.25) is 0 Å². The first-order valence-electron chi connectivity index (χ1n) is 6.23. The normalized spacial score (nSPS) is 11.7. The Morgan fingerprint density at radius 1 is 1.00 bits per heavy atom. The van der Waals surface area contributed by atoms with Crippen molar-refractivity contribution in [2.45, 2.75) is 25.7 Å². The SMILES string of the molecule is Cc1cc(C)c(S/C(=C/Cl)c2ccccc2)c(C)c1. The van der Waals surface area contributed by atoms with Crippen molar-refractivity contribution in [3.8, 4) is 0 Å².